The summed E-state index contributed by atoms with van der Waals surface area (Å²) >= 11 is 1.82. The van der Waals surface area contributed by atoms with E-state index in [1.54, 1.807) is 0 Å². The Balaban J connectivity index is 1.42. The molecule has 1 N–H and O–H groups in total. The largest absolute Gasteiger partial charge is 0.316 e. The molecule has 1 aliphatic heterocycles. The van der Waals surface area contributed by atoms with Crippen molar-refractivity contribution in [2.75, 3.05) is 19.6 Å². The minimum Gasteiger partial charge on any atom is -0.316 e. The number of rotatable bonds is 7. The second kappa shape index (κ2) is 6.18. The van der Waals surface area contributed by atoms with E-state index < -0.39 is 0 Å². The minimum atomic E-state index is 0.895. The maximum absolute atomic E-state index is 3.47. The summed E-state index contributed by atoms with van der Waals surface area (Å²) in [4.78, 5) is 2.71. The summed E-state index contributed by atoms with van der Waals surface area (Å²) in [6.07, 6.45) is 7.05. The van der Waals surface area contributed by atoms with Gasteiger partial charge in [-0.15, -0.1) is 0 Å². The molecule has 0 amide bonds. The predicted octanol–water partition coefficient (Wildman–Crippen LogP) is 3.10. The van der Waals surface area contributed by atoms with Crippen LogP contribution in [-0.4, -0.2) is 30.6 Å². The second-order valence-corrected chi connectivity index (χ2v) is 6.61. The lowest BCUT2D eigenvalue weighted by atomic mass is 10.0. The van der Waals surface area contributed by atoms with Crippen LogP contribution < -0.4 is 5.32 Å². The smallest absolute Gasteiger partial charge is 0.0244 e. The summed E-state index contributed by atoms with van der Waals surface area (Å²) in [5.74, 6) is 0.951. The normalized spacial score (nSPS) is 23.9. The van der Waals surface area contributed by atoms with E-state index >= 15 is 0 Å². The molecule has 100 valence electrons. The van der Waals surface area contributed by atoms with Gasteiger partial charge in [0, 0.05) is 12.6 Å². The van der Waals surface area contributed by atoms with Crippen molar-refractivity contribution in [2.24, 2.45) is 5.92 Å². The molecule has 0 bridgehead atoms. The average molecular weight is 264 g/mol. The van der Waals surface area contributed by atoms with Gasteiger partial charge in [-0.3, -0.25) is 4.90 Å². The topological polar surface area (TPSA) is 15.3 Å². The van der Waals surface area contributed by atoms with Gasteiger partial charge < -0.3 is 5.32 Å². The maximum Gasteiger partial charge on any atom is 0.0244 e. The molecule has 0 aromatic carbocycles. The lowest BCUT2D eigenvalue weighted by molar-refractivity contribution is 0.244. The van der Waals surface area contributed by atoms with Gasteiger partial charge in [-0.2, -0.15) is 11.3 Å². The summed E-state index contributed by atoms with van der Waals surface area (Å²) in [5, 5.41) is 7.97. The SMILES string of the molecule is c1cc(CN(CCCC2CCNC2)C2CC2)cs1. The van der Waals surface area contributed by atoms with Crippen LogP contribution in [-0.2, 0) is 6.54 Å². The van der Waals surface area contributed by atoms with Gasteiger partial charge in [0.05, 0.1) is 0 Å². The molecule has 3 rings (SSSR count). The van der Waals surface area contributed by atoms with E-state index in [1.165, 1.54) is 63.8 Å². The highest BCUT2D eigenvalue weighted by atomic mass is 32.1. The fraction of sp³-hybridized carbons (Fsp3) is 0.733. The van der Waals surface area contributed by atoms with Crippen LogP contribution in [0.2, 0.25) is 0 Å². The number of thiophene rings is 1. The van der Waals surface area contributed by atoms with Gasteiger partial charge in [0.2, 0.25) is 0 Å². The number of nitrogens with one attached hydrogen (secondary N) is 1. The molecule has 2 fully saturated rings. The molecule has 1 atom stereocenters. The first-order valence-corrected chi connectivity index (χ1v) is 8.32. The molecule has 2 heterocycles. The van der Waals surface area contributed by atoms with E-state index in [4.69, 9.17) is 0 Å². The molecule has 0 radical (unpaired) electrons. The first kappa shape index (κ1) is 12.6. The molecule has 0 spiro atoms. The van der Waals surface area contributed by atoms with Gasteiger partial charge in [-0.1, -0.05) is 0 Å². The van der Waals surface area contributed by atoms with Crippen molar-refractivity contribution < 1.29 is 0 Å². The summed E-state index contributed by atoms with van der Waals surface area (Å²) in [6, 6.07) is 3.17. The zero-order valence-electron chi connectivity index (χ0n) is 11.1. The quantitative estimate of drug-likeness (QED) is 0.814. The Bertz CT molecular complexity index is 339. The third-order valence-corrected chi connectivity index (χ3v) is 4.98. The molecule has 1 aromatic rings. The maximum atomic E-state index is 3.47. The summed E-state index contributed by atoms with van der Waals surface area (Å²) < 4.78 is 0. The highest BCUT2D eigenvalue weighted by molar-refractivity contribution is 7.07. The Morgan fingerprint density at radius 3 is 2.94 bits per heavy atom. The predicted molar refractivity (Wildman–Crippen MR) is 78.0 cm³/mol. The van der Waals surface area contributed by atoms with E-state index in [2.05, 4.69) is 27.0 Å². The van der Waals surface area contributed by atoms with Crippen molar-refractivity contribution in [1.82, 2.24) is 10.2 Å². The lowest BCUT2D eigenvalue weighted by Crippen LogP contribution is -2.27. The molecule has 18 heavy (non-hydrogen) atoms. The van der Waals surface area contributed by atoms with E-state index in [0.717, 1.165) is 12.0 Å². The van der Waals surface area contributed by atoms with Crippen LogP contribution in [0.3, 0.4) is 0 Å². The van der Waals surface area contributed by atoms with E-state index in [0.29, 0.717) is 0 Å². The Morgan fingerprint density at radius 2 is 2.28 bits per heavy atom. The molecule has 1 unspecified atom stereocenters. The van der Waals surface area contributed by atoms with Crippen molar-refractivity contribution in [3.63, 3.8) is 0 Å². The van der Waals surface area contributed by atoms with Gasteiger partial charge in [0.1, 0.15) is 0 Å². The van der Waals surface area contributed by atoms with Gasteiger partial charge in [0.15, 0.2) is 0 Å². The fourth-order valence-electron chi connectivity index (χ4n) is 2.99. The standard InChI is InChI=1S/C15H24N2S/c1(2-13-5-7-16-10-13)8-17(15-3-4-15)11-14-6-9-18-12-14/h6,9,12-13,15-16H,1-5,7-8,10-11H2. The van der Waals surface area contributed by atoms with Crippen LogP contribution in [0.15, 0.2) is 16.8 Å². The minimum absolute atomic E-state index is 0.895. The van der Waals surface area contributed by atoms with Crippen LogP contribution in [0.4, 0.5) is 0 Å². The molecule has 1 saturated heterocycles. The van der Waals surface area contributed by atoms with Crippen LogP contribution in [0, 0.1) is 5.92 Å². The van der Waals surface area contributed by atoms with Gasteiger partial charge in [-0.25, -0.2) is 0 Å². The molecule has 1 aliphatic carbocycles. The van der Waals surface area contributed by atoms with Crippen LogP contribution in [0.5, 0.6) is 0 Å². The Labute approximate surface area is 114 Å². The third-order valence-electron chi connectivity index (χ3n) is 4.25. The zero-order valence-corrected chi connectivity index (χ0v) is 11.9. The van der Waals surface area contributed by atoms with Gasteiger partial charge in [0.25, 0.3) is 0 Å². The van der Waals surface area contributed by atoms with Crippen LogP contribution >= 0.6 is 11.3 Å². The molecular formula is C15H24N2S. The molecule has 1 aromatic heterocycles. The third kappa shape index (κ3) is 3.56. The summed E-state index contributed by atoms with van der Waals surface area (Å²) in [5.41, 5.74) is 1.51. The van der Waals surface area contributed by atoms with Crippen molar-refractivity contribution in [1.29, 1.82) is 0 Å². The number of hydrogen-bond donors (Lipinski definition) is 1. The summed E-state index contributed by atoms with van der Waals surface area (Å²) in [6.45, 7) is 4.98. The molecule has 2 nitrogen and oxygen atoms in total. The Morgan fingerprint density at radius 1 is 1.33 bits per heavy atom. The number of nitrogens with zero attached hydrogens (tertiary/aromatic N) is 1. The van der Waals surface area contributed by atoms with Crippen molar-refractivity contribution in [3.05, 3.63) is 22.4 Å². The van der Waals surface area contributed by atoms with E-state index in [-0.39, 0.29) is 0 Å². The highest BCUT2D eigenvalue weighted by Gasteiger charge is 2.28. The molecular weight excluding hydrogens is 240 g/mol. The lowest BCUT2D eigenvalue weighted by Gasteiger charge is -2.22. The van der Waals surface area contributed by atoms with Crippen molar-refractivity contribution in [2.45, 2.75) is 44.7 Å². The van der Waals surface area contributed by atoms with Crippen LogP contribution in [0.25, 0.3) is 0 Å². The average Bonchev–Trinajstić information content (AvgIpc) is 2.89. The fourth-order valence-corrected chi connectivity index (χ4v) is 3.65. The second-order valence-electron chi connectivity index (χ2n) is 5.83. The monoisotopic (exact) mass is 264 g/mol. The molecule has 1 saturated carbocycles. The first-order valence-electron chi connectivity index (χ1n) is 7.37. The molecule has 3 heteroatoms. The Kier molecular flexibility index (Phi) is 4.34. The van der Waals surface area contributed by atoms with Gasteiger partial charge >= 0.3 is 0 Å². The van der Waals surface area contributed by atoms with Gasteiger partial charge in [-0.05, 0) is 80.0 Å². The molecule has 2 aliphatic rings. The zero-order chi connectivity index (χ0) is 12.2. The van der Waals surface area contributed by atoms with E-state index in [9.17, 15) is 0 Å². The first-order chi connectivity index (χ1) is 8.92. The Hall–Kier alpha value is -0.380. The van der Waals surface area contributed by atoms with Crippen LogP contribution in [0.1, 0.15) is 37.7 Å². The summed E-state index contributed by atoms with van der Waals surface area (Å²) in [7, 11) is 0. The highest BCUT2D eigenvalue weighted by Crippen LogP contribution is 2.29. The van der Waals surface area contributed by atoms with Crippen molar-refractivity contribution in [3.8, 4) is 0 Å². The number of hydrogen-bond acceptors (Lipinski definition) is 3. The van der Waals surface area contributed by atoms with Crippen molar-refractivity contribution >= 4 is 11.3 Å². The van der Waals surface area contributed by atoms with E-state index in [1.807, 2.05) is 11.3 Å².